The number of fused-ring (bicyclic) bond motifs is 1. The second-order valence-electron chi connectivity index (χ2n) is 5.08. The molecule has 14 heteroatoms. The highest BCUT2D eigenvalue weighted by Gasteiger charge is 2.50. The third-order valence-electron chi connectivity index (χ3n) is 3.54. The molecule has 1 saturated heterocycles. The lowest BCUT2D eigenvalue weighted by Gasteiger charge is -2.30. The Balaban J connectivity index is 2.10. The first kappa shape index (κ1) is 17.0. The molecule has 132 valence electrons. The number of aliphatic hydroxyl groups excluding tert-OH is 3. The van der Waals surface area contributed by atoms with Crippen molar-refractivity contribution in [2.24, 2.45) is 0 Å². The molecule has 1 unspecified atom stereocenters. The van der Waals surface area contributed by atoms with E-state index in [0.29, 0.717) is 0 Å². The van der Waals surface area contributed by atoms with Gasteiger partial charge in [-0.15, -0.1) is 0 Å². The van der Waals surface area contributed by atoms with Crippen LogP contribution in [0.15, 0.2) is 11.1 Å². The number of imidazole rings is 1. The molecular formula is C10H14N5O8P. The Hall–Kier alpha value is -1.86. The second kappa shape index (κ2) is 5.89. The predicted molar refractivity (Wildman–Crippen MR) is 76.8 cm³/mol. The smallest absolute Gasteiger partial charge is 0.394 e. The Morgan fingerprint density at radius 3 is 2.62 bits per heavy atom. The number of ether oxygens (including phenoxy) is 1. The van der Waals surface area contributed by atoms with Crippen LogP contribution < -0.4 is 10.2 Å². The maximum Gasteiger partial charge on any atom is 0.434 e. The van der Waals surface area contributed by atoms with Crippen molar-refractivity contribution in [1.82, 2.24) is 19.9 Å². The molecule has 2 aromatic rings. The lowest BCUT2D eigenvalue weighted by atomic mass is 10.1. The number of nitrogens with zero attached hydrogens (tertiary/aromatic N) is 3. The van der Waals surface area contributed by atoms with Gasteiger partial charge in [0.05, 0.1) is 12.9 Å². The van der Waals surface area contributed by atoms with Gasteiger partial charge in [0.1, 0.15) is 18.3 Å². The molecule has 0 aliphatic carbocycles. The highest BCUT2D eigenvalue weighted by atomic mass is 31.2. The van der Waals surface area contributed by atoms with Gasteiger partial charge < -0.3 is 34.8 Å². The summed E-state index contributed by atoms with van der Waals surface area (Å²) >= 11 is 0. The summed E-state index contributed by atoms with van der Waals surface area (Å²) in [6, 6.07) is 0. The minimum absolute atomic E-state index is 0.00873. The van der Waals surface area contributed by atoms with E-state index in [1.165, 1.54) is 6.33 Å². The molecule has 3 heterocycles. The monoisotopic (exact) mass is 363 g/mol. The van der Waals surface area contributed by atoms with Gasteiger partial charge in [-0.3, -0.25) is 9.78 Å². The van der Waals surface area contributed by atoms with Gasteiger partial charge in [0.2, 0.25) is 5.95 Å². The first-order valence-electron chi connectivity index (χ1n) is 6.65. The van der Waals surface area contributed by atoms with Crippen molar-refractivity contribution in [3.05, 3.63) is 16.7 Å². The molecule has 0 spiro atoms. The summed E-state index contributed by atoms with van der Waals surface area (Å²) in [4.78, 5) is 43.3. The summed E-state index contributed by atoms with van der Waals surface area (Å²) in [5, 5.41) is 28.8. The van der Waals surface area contributed by atoms with Crippen LogP contribution in [0.25, 0.3) is 11.2 Å². The largest absolute Gasteiger partial charge is 0.434 e. The average molecular weight is 363 g/mol. The van der Waals surface area contributed by atoms with Crippen molar-refractivity contribution in [3.8, 4) is 0 Å². The lowest BCUT2D eigenvalue weighted by molar-refractivity contribution is -0.0199. The molecule has 1 aliphatic rings. The molecule has 0 bridgehead atoms. The summed E-state index contributed by atoms with van der Waals surface area (Å²) in [5.74, 6) is -0.609. The molecule has 1 aliphatic heterocycles. The van der Waals surface area contributed by atoms with E-state index in [1.54, 1.807) is 0 Å². The van der Waals surface area contributed by atoms with Gasteiger partial charge in [-0.25, -0.2) is 14.2 Å². The van der Waals surface area contributed by atoms with E-state index in [-0.39, 0.29) is 15.8 Å². The Morgan fingerprint density at radius 1 is 1.33 bits per heavy atom. The van der Waals surface area contributed by atoms with Crippen LogP contribution in [0.2, 0.25) is 0 Å². The quantitative estimate of drug-likeness (QED) is 0.272. The minimum atomic E-state index is -5.14. The minimum Gasteiger partial charge on any atom is -0.394 e. The van der Waals surface area contributed by atoms with Gasteiger partial charge in [0.15, 0.2) is 17.4 Å². The lowest BCUT2D eigenvalue weighted by Crippen LogP contribution is -2.43. The molecule has 24 heavy (non-hydrogen) atoms. The van der Waals surface area contributed by atoms with E-state index in [0.717, 1.165) is 0 Å². The van der Waals surface area contributed by atoms with Gasteiger partial charge in [-0.1, -0.05) is 0 Å². The van der Waals surface area contributed by atoms with E-state index in [4.69, 9.17) is 9.84 Å². The van der Waals surface area contributed by atoms with Crippen LogP contribution in [0.3, 0.4) is 0 Å². The molecule has 0 amide bonds. The predicted octanol–water partition coefficient (Wildman–Crippen LogP) is -3.02. The van der Waals surface area contributed by atoms with Crippen LogP contribution in [0, 0.1) is 0 Å². The molecular weight excluding hydrogens is 349 g/mol. The molecule has 0 saturated carbocycles. The number of hydrogen-bond donors (Lipinski definition) is 7. The van der Waals surface area contributed by atoms with E-state index in [1.807, 2.05) is 0 Å². The van der Waals surface area contributed by atoms with Crippen LogP contribution in [-0.4, -0.2) is 76.2 Å². The Labute approximate surface area is 132 Å². The fourth-order valence-corrected chi connectivity index (χ4v) is 3.24. The van der Waals surface area contributed by atoms with Crippen molar-refractivity contribution >= 4 is 24.9 Å². The molecule has 4 atom stereocenters. The van der Waals surface area contributed by atoms with E-state index in [9.17, 15) is 29.4 Å². The maximum atomic E-state index is 11.9. The van der Waals surface area contributed by atoms with Gasteiger partial charge in [-0.2, -0.15) is 4.98 Å². The van der Waals surface area contributed by atoms with Crippen molar-refractivity contribution in [2.45, 2.75) is 24.5 Å². The Kier molecular flexibility index (Phi) is 4.17. The standard InChI is InChI=1S/C10H14N5O8P/c16-1-3-5(17)6(18)9(23-3)15(24(20,21)22)10-13-7-4(8(19)14-10)11-2-12-7/h2-3,5-6,9,16-18H,1H2,(H2,20,21,22)(H2,11,12,13,14,19)/t3-,5-,6-,9?/m1/s1. The number of hydrogen-bond acceptors (Lipinski definition) is 8. The van der Waals surface area contributed by atoms with E-state index < -0.39 is 50.4 Å². The summed E-state index contributed by atoms with van der Waals surface area (Å²) in [6.45, 7) is -0.688. The summed E-state index contributed by atoms with van der Waals surface area (Å²) in [5.41, 5.74) is -0.873. The number of H-pyrrole nitrogens is 2. The van der Waals surface area contributed by atoms with Crippen LogP contribution in [0.5, 0.6) is 0 Å². The van der Waals surface area contributed by atoms with Crippen molar-refractivity contribution in [2.75, 3.05) is 11.3 Å². The fourth-order valence-electron chi connectivity index (χ4n) is 2.41. The van der Waals surface area contributed by atoms with Crippen molar-refractivity contribution in [3.63, 3.8) is 0 Å². The van der Waals surface area contributed by atoms with Crippen LogP contribution >= 0.6 is 7.75 Å². The number of anilines is 1. The van der Waals surface area contributed by atoms with Crippen LogP contribution in [0.4, 0.5) is 5.95 Å². The zero-order valence-electron chi connectivity index (χ0n) is 11.8. The molecule has 2 aromatic heterocycles. The normalized spacial score (nSPS) is 27.7. The molecule has 13 nitrogen and oxygen atoms in total. The van der Waals surface area contributed by atoms with Crippen molar-refractivity contribution < 1.29 is 34.4 Å². The number of aromatic nitrogens is 4. The number of nitrogens with one attached hydrogen (secondary N) is 2. The van der Waals surface area contributed by atoms with Gasteiger partial charge in [-0.05, 0) is 0 Å². The Bertz CT molecular complexity index is 847. The fraction of sp³-hybridized carbons (Fsp3) is 0.500. The third-order valence-corrected chi connectivity index (χ3v) is 4.52. The summed E-state index contributed by atoms with van der Waals surface area (Å²) < 4.78 is 17.2. The second-order valence-corrected chi connectivity index (χ2v) is 6.53. The van der Waals surface area contributed by atoms with Crippen LogP contribution in [-0.2, 0) is 9.30 Å². The number of aromatic amines is 2. The first-order chi connectivity index (χ1) is 11.2. The average Bonchev–Trinajstić information content (AvgIpc) is 3.06. The number of aliphatic hydroxyl groups is 3. The molecule has 3 rings (SSSR count). The Morgan fingerprint density at radius 2 is 2.04 bits per heavy atom. The van der Waals surface area contributed by atoms with Gasteiger partial charge in [0, 0.05) is 0 Å². The summed E-state index contributed by atoms with van der Waals surface area (Å²) in [7, 11) is -5.14. The van der Waals surface area contributed by atoms with E-state index >= 15 is 0 Å². The molecule has 1 fully saturated rings. The zero-order valence-corrected chi connectivity index (χ0v) is 12.7. The topological polar surface area (TPSA) is 205 Å². The van der Waals surface area contributed by atoms with Crippen molar-refractivity contribution in [1.29, 1.82) is 0 Å². The van der Waals surface area contributed by atoms with Gasteiger partial charge in [0.25, 0.3) is 5.56 Å². The third kappa shape index (κ3) is 2.71. The maximum absolute atomic E-state index is 11.9. The van der Waals surface area contributed by atoms with Crippen LogP contribution in [0.1, 0.15) is 0 Å². The molecule has 7 N–H and O–H groups in total. The zero-order chi connectivity index (χ0) is 17.6. The first-order valence-corrected chi connectivity index (χ1v) is 8.21. The summed E-state index contributed by atoms with van der Waals surface area (Å²) in [6.07, 6.45) is -5.20. The number of rotatable bonds is 4. The highest BCUT2D eigenvalue weighted by Crippen LogP contribution is 2.46. The molecule has 0 radical (unpaired) electrons. The molecule has 0 aromatic carbocycles. The highest BCUT2D eigenvalue weighted by molar-refractivity contribution is 7.53. The van der Waals surface area contributed by atoms with Gasteiger partial charge >= 0.3 is 7.75 Å². The van der Waals surface area contributed by atoms with E-state index in [2.05, 4.69) is 19.9 Å². The SMILES string of the molecule is O=c1[nH]c(N(C2O[C@H](CO)[C@@H](O)[C@H]2O)P(=O)(O)O)nc2nc[nH]c12.